The SMILES string of the molecule is CCNc1nc(N2CCC(NC(C)=O)CC2)c(Cl)cc1Cl. The normalized spacial score (nSPS) is 15.9. The van der Waals surface area contributed by atoms with E-state index in [0.29, 0.717) is 15.9 Å². The van der Waals surface area contributed by atoms with E-state index in [9.17, 15) is 4.79 Å². The van der Waals surface area contributed by atoms with Crippen LogP contribution in [0, 0.1) is 0 Å². The lowest BCUT2D eigenvalue weighted by molar-refractivity contribution is -0.119. The average Bonchev–Trinajstić information content (AvgIpc) is 2.42. The van der Waals surface area contributed by atoms with Gasteiger partial charge in [0.1, 0.15) is 11.6 Å². The Balaban J connectivity index is 2.09. The van der Waals surface area contributed by atoms with Gasteiger partial charge in [0, 0.05) is 32.6 Å². The largest absolute Gasteiger partial charge is 0.369 e. The fourth-order valence-corrected chi connectivity index (χ4v) is 3.04. The van der Waals surface area contributed by atoms with E-state index in [0.717, 1.165) is 38.3 Å². The summed E-state index contributed by atoms with van der Waals surface area (Å²) < 4.78 is 0. The van der Waals surface area contributed by atoms with Gasteiger partial charge in [0.2, 0.25) is 5.91 Å². The zero-order valence-electron chi connectivity index (χ0n) is 12.2. The quantitative estimate of drug-likeness (QED) is 0.891. The minimum absolute atomic E-state index is 0.0190. The number of amides is 1. The Labute approximate surface area is 135 Å². The summed E-state index contributed by atoms with van der Waals surface area (Å²) in [6.45, 7) is 5.91. The molecule has 1 aliphatic heterocycles. The van der Waals surface area contributed by atoms with E-state index in [2.05, 4.69) is 20.5 Å². The van der Waals surface area contributed by atoms with Crippen molar-refractivity contribution in [2.75, 3.05) is 29.9 Å². The molecule has 5 nitrogen and oxygen atoms in total. The monoisotopic (exact) mass is 330 g/mol. The molecular formula is C14H20Cl2N4O. The Bertz CT molecular complexity index is 516. The van der Waals surface area contributed by atoms with Crippen molar-refractivity contribution in [1.82, 2.24) is 10.3 Å². The van der Waals surface area contributed by atoms with Crippen LogP contribution in [0.15, 0.2) is 6.07 Å². The Hall–Kier alpha value is -1.20. The number of anilines is 2. The molecule has 2 heterocycles. The van der Waals surface area contributed by atoms with E-state index in [4.69, 9.17) is 23.2 Å². The van der Waals surface area contributed by atoms with E-state index >= 15 is 0 Å². The first kappa shape index (κ1) is 16.2. The van der Waals surface area contributed by atoms with Crippen molar-refractivity contribution in [3.63, 3.8) is 0 Å². The first-order valence-electron chi connectivity index (χ1n) is 7.13. The van der Waals surface area contributed by atoms with Crippen molar-refractivity contribution in [3.8, 4) is 0 Å². The highest BCUT2D eigenvalue weighted by molar-refractivity contribution is 6.37. The number of aromatic nitrogens is 1. The van der Waals surface area contributed by atoms with E-state index in [1.807, 2.05) is 6.92 Å². The molecule has 1 aliphatic rings. The van der Waals surface area contributed by atoms with Crippen LogP contribution < -0.4 is 15.5 Å². The van der Waals surface area contributed by atoms with Crippen LogP contribution in [0.1, 0.15) is 26.7 Å². The fraction of sp³-hybridized carbons (Fsp3) is 0.571. The highest BCUT2D eigenvalue weighted by Crippen LogP contribution is 2.32. The molecule has 0 unspecified atom stereocenters. The third-order valence-electron chi connectivity index (χ3n) is 3.46. The van der Waals surface area contributed by atoms with Gasteiger partial charge in [-0.3, -0.25) is 4.79 Å². The summed E-state index contributed by atoms with van der Waals surface area (Å²) >= 11 is 12.4. The van der Waals surface area contributed by atoms with Crippen LogP contribution in [0.5, 0.6) is 0 Å². The van der Waals surface area contributed by atoms with E-state index in [-0.39, 0.29) is 11.9 Å². The average molecular weight is 331 g/mol. The van der Waals surface area contributed by atoms with Gasteiger partial charge in [0.15, 0.2) is 0 Å². The van der Waals surface area contributed by atoms with E-state index in [1.165, 1.54) is 0 Å². The number of halogens is 2. The highest BCUT2D eigenvalue weighted by atomic mass is 35.5. The first-order valence-corrected chi connectivity index (χ1v) is 7.88. The summed E-state index contributed by atoms with van der Waals surface area (Å²) in [4.78, 5) is 17.8. The lowest BCUT2D eigenvalue weighted by Gasteiger charge is -2.33. The van der Waals surface area contributed by atoms with Gasteiger partial charge in [-0.15, -0.1) is 0 Å². The number of hydrogen-bond donors (Lipinski definition) is 2. The van der Waals surface area contributed by atoms with Crippen molar-refractivity contribution in [3.05, 3.63) is 16.1 Å². The zero-order valence-corrected chi connectivity index (χ0v) is 13.8. The zero-order chi connectivity index (χ0) is 15.4. The molecule has 1 fully saturated rings. The van der Waals surface area contributed by atoms with Gasteiger partial charge in [0.25, 0.3) is 0 Å². The molecule has 0 bridgehead atoms. The predicted octanol–water partition coefficient (Wildman–Crippen LogP) is 2.93. The van der Waals surface area contributed by atoms with Crippen molar-refractivity contribution in [2.24, 2.45) is 0 Å². The van der Waals surface area contributed by atoms with Crippen LogP contribution in [0.3, 0.4) is 0 Å². The summed E-state index contributed by atoms with van der Waals surface area (Å²) in [7, 11) is 0. The molecule has 21 heavy (non-hydrogen) atoms. The maximum Gasteiger partial charge on any atom is 0.217 e. The molecule has 2 rings (SSSR count). The summed E-state index contributed by atoms with van der Waals surface area (Å²) in [5, 5.41) is 7.17. The van der Waals surface area contributed by atoms with Crippen molar-refractivity contribution >= 4 is 40.7 Å². The lowest BCUT2D eigenvalue weighted by Crippen LogP contribution is -2.44. The summed E-state index contributed by atoms with van der Waals surface area (Å²) in [6.07, 6.45) is 1.77. The molecule has 0 aliphatic carbocycles. The fourth-order valence-electron chi connectivity index (χ4n) is 2.49. The molecule has 1 aromatic heterocycles. The minimum atomic E-state index is 0.0190. The number of rotatable bonds is 4. The van der Waals surface area contributed by atoms with Crippen LogP contribution in [0.4, 0.5) is 11.6 Å². The topological polar surface area (TPSA) is 57.3 Å². The predicted molar refractivity (Wildman–Crippen MR) is 87.5 cm³/mol. The molecule has 1 amide bonds. The third-order valence-corrected chi connectivity index (χ3v) is 4.02. The van der Waals surface area contributed by atoms with Gasteiger partial charge in [-0.1, -0.05) is 23.2 Å². The summed E-state index contributed by atoms with van der Waals surface area (Å²) in [5.74, 6) is 1.42. The molecule has 116 valence electrons. The maximum absolute atomic E-state index is 11.1. The minimum Gasteiger partial charge on any atom is -0.369 e. The van der Waals surface area contributed by atoms with E-state index in [1.54, 1.807) is 13.0 Å². The van der Waals surface area contributed by atoms with Crippen molar-refractivity contribution in [1.29, 1.82) is 0 Å². The lowest BCUT2D eigenvalue weighted by atomic mass is 10.1. The van der Waals surface area contributed by atoms with Gasteiger partial charge in [-0.05, 0) is 25.8 Å². The number of carbonyl (C=O) groups excluding carboxylic acids is 1. The summed E-state index contributed by atoms with van der Waals surface area (Å²) in [6, 6.07) is 1.96. The van der Waals surface area contributed by atoms with Gasteiger partial charge >= 0.3 is 0 Å². The van der Waals surface area contributed by atoms with Crippen LogP contribution in [-0.4, -0.2) is 36.6 Å². The molecule has 2 N–H and O–H groups in total. The van der Waals surface area contributed by atoms with Crippen LogP contribution in [-0.2, 0) is 4.79 Å². The number of nitrogens with zero attached hydrogens (tertiary/aromatic N) is 2. The van der Waals surface area contributed by atoms with Crippen molar-refractivity contribution < 1.29 is 4.79 Å². The maximum atomic E-state index is 11.1. The van der Waals surface area contributed by atoms with E-state index < -0.39 is 0 Å². The van der Waals surface area contributed by atoms with Crippen LogP contribution in [0.2, 0.25) is 10.0 Å². The second-order valence-corrected chi connectivity index (χ2v) is 5.93. The van der Waals surface area contributed by atoms with Crippen LogP contribution in [0.25, 0.3) is 0 Å². The Morgan fingerprint density at radius 3 is 2.62 bits per heavy atom. The number of carbonyl (C=O) groups is 1. The Morgan fingerprint density at radius 1 is 1.38 bits per heavy atom. The standard InChI is InChI=1S/C14H20Cl2N4O/c1-3-17-13-11(15)8-12(16)14(19-13)20-6-4-10(5-7-20)18-9(2)21/h8,10H,3-7H2,1-2H3,(H,17,19)(H,18,21). The molecule has 7 heteroatoms. The van der Waals surface area contributed by atoms with Crippen molar-refractivity contribution in [2.45, 2.75) is 32.7 Å². The molecule has 0 aromatic carbocycles. The first-order chi connectivity index (χ1) is 10.0. The van der Waals surface area contributed by atoms with Crippen LogP contribution >= 0.6 is 23.2 Å². The molecule has 0 saturated carbocycles. The highest BCUT2D eigenvalue weighted by Gasteiger charge is 2.23. The summed E-state index contributed by atoms with van der Waals surface area (Å²) in [5.41, 5.74) is 0. The molecule has 0 spiro atoms. The van der Waals surface area contributed by atoms with Gasteiger partial charge in [-0.25, -0.2) is 4.98 Å². The molecular weight excluding hydrogens is 311 g/mol. The molecule has 0 atom stereocenters. The number of nitrogens with one attached hydrogen (secondary N) is 2. The third kappa shape index (κ3) is 4.14. The van der Waals surface area contributed by atoms with Gasteiger partial charge in [-0.2, -0.15) is 0 Å². The van der Waals surface area contributed by atoms with Gasteiger partial charge in [0.05, 0.1) is 10.0 Å². The number of piperidine rings is 1. The molecule has 0 radical (unpaired) electrons. The second-order valence-electron chi connectivity index (χ2n) is 5.12. The molecule has 1 aromatic rings. The Kier molecular flexibility index (Phi) is 5.53. The Morgan fingerprint density at radius 2 is 2.05 bits per heavy atom. The van der Waals surface area contributed by atoms with Gasteiger partial charge < -0.3 is 15.5 Å². The second kappa shape index (κ2) is 7.18. The smallest absolute Gasteiger partial charge is 0.217 e. The molecule has 1 saturated heterocycles. The number of pyridine rings is 1. The number of hydrogen-bond acceptors (Lipinski definition) is 4.